The van der Waals surface area contributed by atoms with Crippen LogP contribution in [0.15, 0.2) is 24.3 Å². The molecule has 0 heterocycles. The van der Waals surface area contributed by atoms with Crippen molar-refractivity contribution >= 4 is 23.2 Å². The second kappa shape index (κ2) is 5.89. The van der Waals surface area contributed by atoms with Crippen LogP contribution in [0.25, 0.3) is 0 Å². The van der Waals surface area contributed by atoms with Gasteiger partial charge in [0.2, 0.25) is 5.91 Å². The molecule has 0 spiro atoms. The van der Waals surface area contributed by atoms with Crippen LogP contribution in [0.2, 0.25) is 0 Å². The van der Waals surface area contributed by atoms with E-state index in [9.17, 15) is 4.79 Å². The van der Waals surface area contributed by atoms with Gasteiger partial charge in [0, 0.05) is 11.8 Å². The number of anilines is 1. The topological polar surface area (TPSA) is 62.1 Å². The Bertz CT molecular complexity index is 387. The van der Waals surface area contributed by atoms with Crippen LogP contribution >= 0.6 is 11.6 Å². The van der Waals surface area contributed by atoms with Crippen LogP contribution in [0.1, 0.15) is 0 Å². The fourth-order valence-corrected chi connectivity index (χ4v) is 1.04. The number of benzene rings is 1. The van der Waals surface area contributed by atoms with E-state index < -0.39 is 0 Å². The normalized spacial score (nSPS) is 9.07. The fraction of sp³-hybridized carbons (Fsp3) is 0.200. The number of amides is 1. The summed E-state index contributed by atoms with van der Waals surface area (Å²) in [5, 5.41) is 10.9. The first-order chi connectivity index (χ1) is 7.26. The highest BCUT2D eigenvalue weighted by Crippen LogP contribution is 2.17. The zero-order chi connectivity index (χ0) is 11.1. The van der Waals surface area contributed by atoms with E-state index >= 15 is 0 Å². The van der Waals surface area contributed by atoms with Gasteiger partial charge in [0.05, 0.1) is 0 Å². The molecule has 0 aliphatic rings. The first-order valence-electron chi connectivity index (χ1n) is 4.22. The smallest absolute Gasteiger partial charge is 0.239 e. The molecule has 1 N–H and O–H groups in total. The summed E-state index contributed by atoms with van der Waals surface area (Å²) in [6, 6.07) is 8.62. The van der Waals surface area contributed by atoms with Gasteiger partial charge < -0.3 is 10.1 Å². The fourth-order valence-electron chi connectivity index (χ4n) is 0.974. The molecule has 0 saturated heterocycles. The lowest BCUT2D eigenvalue weighted by molar-refractivity contribution is -0.113. The van der Waals surface area contributed by atoms with E-state index in [-0.39, 0.29) is 18.4 Å². The SMILES string of the molecule is N#CCOc1cccc(NC(=O)CCl)c1. The van der Waals surface area contributed by atoms with Crippen molar-refractivity contribution in [2.75, 3.05) is 17.8 Å². The monoisotopic (exact) mass is 224 g/mol. The summed E-state index contributed by atoms with van der Waals surface area (Å²) in [5.41, 5.74) is 0.594. The lowest BCUT2D eigenvalue weighted by Gasteiger charge is -2.05. The van der Waals surface area contributed by atoms with Crippen LogP contribution in [-0.4, -0.2) is 18.4 Å². The zero-order valence-electron chi connectivity index (χ0n) is 7.87. The summed E-state index contributed by atoms with van der Waals surface area (Å²) in [6.45, 7) is -0.0209. The van der Waals surface area contributed by atoms with E-state index in [4.69, 9.17) is 21.6 Å². The Morgan fingerprint density at radius 2 is 2.40 bits per heavy atom. The van der Waals surface area contributed by atoms with Gasteiger partial charge in [-0.15, -0.1) is 11.6 Å². The molecule has 15 heavy (non-hydrogen) atoms. The number of halogens is 1. The second-order valence-electron chi connectivity index (χ2n) is 2.66. The minimum Gasteiger partial charge on any atom is -0.479 e. The molecule has 0 atom stereocenters. The van der Waals surface area contributed by atoms with Crippen molar-refractivity contribution in [1.82, 2.24) is 0 Å². The molecule has 0 radical (unpaired) electrons. The zero-order valence-corrected chi connectivity index (χ0v) is 8.62. The summed E-state index contributed by atoms with van der Waals surface area (Å²) >= 11 is 5.34. The summed E-state index contributed by atoms with van der Waals surface area (Å²) in [6.07, 6.45) is 0. The van der Waals surface area contributed by atoms with E-state index in [0.717, 1.165) is 0 Å². The number of hydrogen-bond donors (Lipinski definition) is 1. The molecule has 0 aliphatic heterocycles. The lowest BCUT2D eigenvalue weighted by Crippen LogP contribution is -2.12. The molecule has 4 nitrogen and oxygen atoms in total. The average molecular weight is 225 g/mol. The molecule has 1 rings (SSSR count). The maximum atomic E-state index is 11.0. The maximum absolute atomic E-state index is 11.0. The third-order valence-electron chi connectivity index (χ3n) is 1.54. The van der Waals surface area contributed by atoms with Crippen molar-refractivity contribution in [3.63, 3.8) is 0 Å². The number of hydrogen-bond acceptors (Lipinski definition) is 3. The standard InChI is InChI=1S/C10H9ClN2O2/c11-7-10(14)13-8-2-1-3-9(6-8)15-5-4-12/h1-3,6H,5,7H2,(H,13,14). The van der Waals surface area contributed by atoms with Gasteiger partial charge in [-0.3, -0.25) is 4.79 Å². The molecular formula is C10H9ClN2O2. The van der Waals surface area contributed by atoms with Crippen molar-refractivity contribution in [1.29, 1.82) is 5.26 Å². The van der Waals surface area contributed by atoms with E-state index in [1.165, 1.54) is 0 Å². The summed E-state index contributed by atoms with van der Waals surface area (Å²) in [7, 11) is 0. The number of nitrogens with one attached hydrogen (secondary N) is 1. The highest BCUT2D eigenvalue weighted by Gasteiger charge is 2.00. The van der Waals surface area contributed by atoms with Crippen LogP contribution in [-0.2, 0) is 4.79 Å². The van der Waals surface area contributed by atoms with E-state index in [0.29, 0.717) is 11.4 Å². The van der Waals surface area contributed by atoms with Crippen LogP contribution in [0.4, 0.5) is 5.69 Å². The molecule has 0 fully saturated rings. The van der Waals surface area contributed by atoms with Crippen molar-refractivity contribution in [2.24, 2.45) is 0 Å². The van der Waals surface area contributed by atoms with Gasteiger partial charge in [0.15, 0.2) is 6.61 Å². The van der Waals surface area contributed by atoms with E-state index in [1.54, 1.807) is 24.3 Å². The quantitative estimate of drug-likeness (QED) is 0.793. The number of carbonyl (C=O) groups excluding carboxylic acids is 1. The molecule has 0 aromatic heterocycles. The molecule has 0 bridgehead atoms. The number of rotatable bonds is 4. The number of nitriles is 1. The second-order valence-corrected chi connectivity index (χ2v) is 2.92. The van der Waals surface area contributed by atoms with Crippen molar-refractivity contribution in [3.05, 3.63) is 24.3 Å². The summed E-state index contributed by atoms with van der Waals surface area (Å²) in [5.74, 6) is 0.154. The number of carbonyl (C=O) groups is 1. The minimum absolute atomic E-state index is 0.0209. The first-order valence-corrected chi connectivity index (χ1v) is 4.75. The van der Waals surface area contributed by atoms with Gasteiger partial charge in [-0.1, -0.05) is 6.07 Å². The van der Waals surface area contributed by atoms with Crippen LogP contribution in [0, 0.1) is 11.3 Å². The molecule has 5 heteroatoms. The molecule has 78 valence electrons. The average Bonchev–Trinajstić information content (AvgIpc) is 2.26. The molecule has 0 unspecified atom stereocenters. The van der Waals surface area contributed by atoms with E-state index in [1.807, 2.05) is 6.07 Å². The Hall–Kier alpha value is -1.73. The van der Waals surface area contributed by atoms with Crippen molar-refractivity contribution in [2.45, 2.75) is 0 Å². The maximum Gasteiger partial charge on any atom is 0.239 e. The third-order valence-corrected chi connectivity index (χ3v) is 1.79. The Morgan fingerprint density at radius 1 is 1.60 bits per heavy atom. The van der Waals surface area contributed by atoms with Gasteiger partial charge in [-0.2, -0.15) is 5.26 Å². The Balaban J connectivity index is 2.66. The highest BCUT2D eigenvalue weighted by atomic mass is 35.5. The molecule has 0 aliphatic carbocycles. The molecule has 1 aromatic rings. The molecule has 1 amide bonds. The number of nitrogens with zero attached hydrogens (tertiary/aromatic N) is 1. The Labute approximate surface area is 92.4 Å². The number of alkyl halides is 1. The summed E-state index contributed by atoms with van der Waals surface area (Å²) in [4.78, 5) is 11.0. The van der Waals surface area contributed by atoms with Gasteiger partial charge in [-0.25, -0.2) is 0 Å². The predicted octanol–water partition coefficient (Wildman–Crippen LogP) is 1.77. The molecule has 0 saturated carbocycles. The summed E-state index contributed by atoms with van der Waals surface area (Å²) < 4.78 is 5.07. The van der Waals surface area contributed by atoms with Crippen LogP contribution in [0.3, 0.4) is 0 Å². The van der Waals surface area contributed by atoms with Gasteiger partial charge in [0.25, 0.3) is 0 Å². The van der Waals surface area contributed by atoms with Crippen LogP contribution < -0.4 is 10.1 Å². The first kappa shape index (κ1) is 11.3. The largest absolute Gasteiger partial charge is 0.479 e. The van der Waals surface area contributed by atoms with Crippen LogP contribution in [0.5, 0.6) is 5.75 Å². The molecule has 1 aromatic carbocycles. The molecular weight excluding hydrogens is 216 g/mol. The van der Waals surface area contributed by atoms with Crippen molar-refractivity contribution in [3.8, 4) is 11.8 Å². The Kier molecular flexibility index (Phi) is 4.45. The highest BCUT2D eigenvalue weighted by molar-refractivity contribution is 6.29. The van der Waals surface area contributed by atoms with E-state index in [2.05, 4.69) is 5.32 Å². The van der Waals surface area contributed by atoms with Gasteiger partial charge in [-0.05, 0) is 12.1 Å². The number of ether oxygens (including phenoxy) is 1. The third kappa shape index (κ3) is 3.88. The van der Waals surface area contributed by atoms with Gasteiger partial charge in [0.1, 0.15) is 17.7 Å². The minimum atomic E-state index is -0.283. The Morgan fingerprint density at radius 3 is 3.07 bits per heavy atom. The van der Waals surface area contributed by atoms with Gasteiger partial charge >= 0.3 is 0 Å². The predicted molar refractivity (Wildman–Crippen MR) is 56.9 cm³/mol. The lowest BCUT2D eigenvalue weighted by atomic mass is 10.3. The van der Waals surface area contributed by atoms with Crippen molar-refractivity contribution < 1.29 is 9.53 Å².